The number of thiol groups is 1. The molecule has 16 nitrogen and oxygen atoms in total. The number of carbonyl (C=O) groups excluding carboxylic acids is 1. The number of phosphoric ester groups is 2. The number of aliphatic hydroxyl groups excluding tert-OH is 4. The van der Waals surface area contributed by atoms with Crippen LogP contribution in [0, 0.1) is 0 Å². The van der Waals surface area contributed by atoms with Crippen molar-refractivity contribution in [1.82, 2.24) is 10.2 Å². The lowest BCUT2D eigenvalue weighted by Crippen LogP contribution is -2.58. The Morgan fingerprint density at radius 2 is 1.81 bits per heavy atom. The van der Waals surface area contributed by atoms with E-state index in [2.05, 4.69) is 37.9 Å². The van der Waals surface area contributed by atoms with Crippen LogP contribution < -0.4 is 5.32 Å². The molecule has 2 fully saturated rings. The highest BCUT2D eigenvalue weighted by atomic mass is 32.1. The van der Waals surface area contributed by atoms with E-state index in [1.165, 1.54) is 11.1 Å². The van der Waals surface area contributed by atoms with Gasteiger partial charge in [-0.15, -0.1) is 0 Å². The smallest absolute Gasteiger partial charge is 0.390 e. The van der Waals surface area contributed by atoms with E-state index in [-0.39, 0.29) is 23.9 Å². The van der Waals surface area contributed by atoms with Crippen LogP contribution in [-0.4, -0.2) is 103 Å². The van der Waals surface area contributed by atoms with Crippen molar-refractivity contribution in [3.05, 3.63) is 24.2 Å². The Bertz CT molecular complexity index is 981. The molecule has 3 aliphatic heterocycles. The lowest BCUT2D eigenvalue weighted by molar-refractivity contribution is -0.270. The van der Waals surface area contributed by atoms with Crippen molar-refractivity contribution in [3.8, 4) is 0 Å². The third-order valence-corrected chi connectivity index (χ3v) is 8.43. The molecule has 5 unspecified atom stereocenters. The number of hydrogen-bond acceptors (Lipinski definition) is 14. The Morgan fingerprint density at radius 1 is 1.14 bits per heavy atom. The Labute approximate surface area is 210 Å². The van der Waals surface area contributed by atoms with Gasteiger partial charge in [-0.1, -0.05) is 6.58 Å². The predicted octanol–water partition coefficient (Wildman–Crippen LogP) is -1.74. The predicted molar refractivity (Wildman–Crippen MR) is 120 cm³/mol. The second kappa shape index (κ2) is 11.5. The first kappa shape index (κ1) is 29.7. The largest absolute Gasteiger partial charge is 0.483 e. The lowest BCUT2D eigenvalue weighted by Gasteiger charge is -2.39. The van der Waals surface area contributed by atoms with Gasteiger partial charge in [-0.3, -0.25) is 13.8 Å². The third-order valence-electron chi connectivity index (χ3n) is 5.47. The Kier molecular flexibility index (Phi) is 9.46. The minimum atomic E-state index is -5.45. The topological polar surface area (TPSA) is 234 Å². The van der Waals surface area contributed by atoms with Crippen LogP contribution in [0.1, 0.15) is 13.3 Å². The molecule has 0 radical (unpaired) electrons. The van der Waals surface area contributed by atoms with Gasteiger partial charge in [0, 0.05) is 23.9 Å². The van der Waals surface area contributed by atoms with E-state index < -0.39 is 71.4 Å². The molecule has 7 N–H and O–H groups in total. The Balaban J connectivity index is 1.56. The second-order valence-electron chi connectivity index (χ2n) is 8.17. The maximum atomic E-state index is 12.2. The molecule has 10 atom stereocenters. The van der Waals surface area contributed by atoms with E-state index >= 15 is 0 Å². The fraction of sp³-hybridized carbons (Fsp3) is 0.706. The molecular weight excluding hydrogens is 550 g/mol. The highest BCUT2D eigenvalue weighted by molar-refractivity contribution is 7.80. The normalized spacial score (nSPS) is 38.8. The van der Waals surface area contributed by atoms with Crippen molar-refractivity contribution >= 4 is 34.2 Å². The molecule has 0 saturated carbocycles. The zero-order valence-electron chi connectivity index (χ0n) is 18.8. The Hall–Kier alpha value is -0.880. The minimum absolute atomic E-state index is 0.00226. The standard InChI is InChI=1S/C17H28N2O14P2S/c1-7-4-19(8(2)18-16(7)24)12-3-9(20)10(30-12)5-29-34(25,26)33-35(27,28)32-17-15(23)14(22)13(21)11(6-36)31-17/h4,9-15,17,20-23,36H,2-3,5-6H2,1H3,(H,18,24)(H,25,26)(H,27,28)/t9?,10-,11?,12-,13-,14+,15?,17-/m1/s1. The average molecular weight is 578 g/mol. The number of amides is 1. The van der Waals surface area contributed by atoms with Crippen molar-refractivity contribution < 1.29 is 67.0 Å². The van der Waals surface area contributed by atoms with Crippen molar-refractivity contribution in [2.45, 2.75) is 62.5 Å². The average Bonchev–Trinajstić information content (AvgIpc) is 3.14. The van der Waals surface area contributed by atoms with Gasteiger partial charge >= 0.3 is 15.6 Å². The SMILES string of the molecule is C=C1NC(=O)C(C)=CN1[C@H]1CC(O)[C@@H](COP(=O)(O)OP(=O)(O)O[C@H]2OC(CS)[C@@H](O)[C@H](O)C2O)O1. The summed E-state index contributed by atoms with van der Waals surface area (Å²) in [4.78, 5) is 32.9. The molecule has 3 rings (SSSR count). The van der Waals surface area contributed by atoms with Gasteiger partial charge in [0.15, 0.2) is 6.29 Å². The minimum Gasteiger partial charge on any atom is -0.390 e. The number of nitrogens with one attached hydrogen (secondary N) is 1. The van der Waals surface area contributed by atoms with Gasteiger partial charge in [0.25, 0.3) is 5.91 Å². The summed E-state index contributed by atoms with van der Waals surface area (Å²) in [6.45, 7) is 4.49. The first-order chi connectivity index (χ1) is 16.6. The Morgan fingerprint density at radius 3 is 2.44 bits per heavy atom. The first-order valence-corrected chi connectivity index (χ1v) is 14.1. The molecule has 0 aromatic carbocycles. The zero-order valence-corrected chi connectivity index (χ0v) is 21.4. The summed E-state index contributed by atoms with van der Waals surface area (Å²) in [6.07, 6.45) is -10.4. The number of phosphoric acid groups is 2. The summed E-state index contributed by atoms with van der Waals surface area (Å²) < 4.78 is 48.6. The van der Waals surface area contributed by atoms with Crippen molar-refractivity contribution in [2.75, 3.05) is 12.4 Å². The summed E-state index contributed by atoms with van der Waals surface area (Å²) in [5.41, 5.74) is 0.349. The number of hydrogen-bond donors (Lipinski definition) is 8. The number of ether oxygens (including phenoxy) is 2. The molecule has 206 valence electrons. The van der Waals surface area contributed by atoms with E-state index in [1.54, 1.807) is 6.92 Å². The molecule has 0 spiro atoms. The number of carbonyl (C=O) groups is 1. The van der Waals surface area contributed by atoms with Gasteiger partial charge in [-0.25, -0.2) is 9.13 Å². The van der Waals surface area contributed by atoms with Crippen LogP contribution in [-0.2, 0) is 36.8 Å². The molecule has 36 heavy (non-hydrogen) atoms. The summed E-state index contributed by atoms with van der Waals surface area (Å²) in [5, 5.41) is 42.3. The molecule has 0 bridgehead atoms. The van der Waals surface area contributed by atoms with Gasteiger partial charge in [0.05, 0.1) is 18.8 Å². The van der Waals surface area contributed by atoms with E-state index in [1.807, 2.05) is 0 Å². The molecule has 3 heterocycles. The van der Waals surface area contributed by atoms with Gasteiger partial charge in [0.1, 0.15) is 36.5 Å². The van der Waals surface area contributed by atoms with Gasteiger partial charge in [-0.2, -0.15) is 16.9 Å². The van der Waals surface area contributed by atoms with Crippen LogP contribution in [0.5, 0.6) is 0 Å². The first-order valence-electron chi connectivity index (χ1n) is 10.4. The van der Waals surface area contributed by atoms with Crippen molar-refractivity contribution in [2.24, 2.45) is 0 Å². The molecule has 2 saturated heterocycles. The third kappa shape index (κ3) is 6.95. The lowest BCUT2D eigenvalue weighted by atomic mass is 10.0. The molecule has 0 aliphatic carbocycles. The maximum Gasteiger partial charge on any atom is 0.483 e. The summed E-state index contributed by atoms with van der Waals surface area (Å²) in [7, 11) is -10.8. The maximum absolute atomic E-state index is 12.2. The number of rotatable bonds is 9. The molecule has 3 aliphatic rings. The molecule has 19 heteroatoms. The number of aliphatic hydroxyl groups is 4. The van der Waals surface area contributed by atoms with E-state index in [4.69, 9.17) is 9.47 Å². The van der Waals surface area contributed by atoms with Gasteiger partial charge in [-0.05, 0) is 6.92 Å². The monoisotopic (exact) mass is 578 g/mol. The highest BCUT2D eigenvalue weighted by Gasteiger charge is 2.48. The fourth-order valence-electron chi connectivity index (χ4n) is 3.56. The highest BCUT2D eigenvalue weighted by Crippen LogP contribution is 2.61. The molecule has 0 aromatic heterocycles. The van der Waals surface area contributed by atoms with Crippen LogP contribution in [0.2, 0.25) is 0 Å². The van der Waals surface area contributed by atoms with Crippen LogP contribution in [0.25, 0.3) is 0 Å². The van der Waals surface area contributed by atoms with Crippen molar-refractivity contribution in [1.29, 1.82) is 0 Å². The summed E-state index contributed by atoms with van der Waals surface area (Å²) >= 11 is 3.88. The molecule has 1 amide bonds. The van der Waals surface area contributed by atoms with Gasteiger partial charge < -0.3 is 49.9 Å². The van der Waals surface area contributed by atoms with E-state index in [9.17, 15) is 44.1 Å². The van der Waals surface area contributed by atoms with E-state index in [0.717, 1.165) is 0 Å². The van der Waals surface area contributed by atoms with Crippen molar-refractivity contribution in [3.63, 3.8) is 0 Å². The quantitative estimate of drug-likeness (QED) is 0.112. The number of nitrogens with zero attached hydrogens (tertiary/aromatic N) is 1. The van der Waals surface area contributed by atoms with Gasteiger partial charge in [0.2, 0.25) is 0 Å². The van der Waals surface area contributed by atoms with Crippen LogP contribution in [0.15, 0.2) is 24.2 Å². The molecular formula is C17H28N2O14P2S. The zero-order chi connectivity index (χ0) is 27.0. The van der Waals surface area contributed by atoms with Crippen LogP contribution in [0.4, 0.5) is 0 Å². The fourth-order valence-corrected chi connectivity index (χ4v) is 6.02. The van der Waals surface area contributed by atoms with E-state index in [0.29, 0.717) is 5.57 Å². The van der Waals surface area contributed by atoms with Crippen LogP contribution >= 0.6 is 28.3 Å². The second-order valence-corrected chi connectivity index (χ2v) is 11.5. The molecule has 0 aromatic rings. The summed E-state index contributed by atoms with van der Waals surface area (Å²) in [6, 6.07) is 0. The van der Waals surface area contributed by atoms with Crippen LogP contribution in [0.3, 0.4) is 0 Å². The summed E-state index contributed by atoms with van der Waals surface area (Å²) in [5.74, 6) is -0.342.